The van der Waals surface area contributed by atoms with E-state index in [4.69, 9.17) is 14.2 Å². The molecule has 0 radical (unpaired) electrons. The van der Waals surface area contributed by atoms with Crippen molar-refractivity contribution >= 4 is 11.9 Å². The van der Waals surface area contributed by atoms with E-state index in [0.29, 0.717) is 25.9 Å². The van der Waals surface area contributed by atoms with Crippen molar-refractivity contribution in [3.05, 3.63) is 122 Å². The molecule has 0 saturated heterocycles. The summed E-state index contributed by atoms with van der Waals surface area (Å²) < 4.78 is 17.3. The topological polar surface area (TPSA) is 61.8 Å². The first-order valence-electron chi connectivity index (χ1n) is 27.1. The Morgan fingerprint density at radius 1 is 0.348 bits per heavy atom. The zero-order valence-electron chi connectivity index (χ0n) is 42.9. The fraction of sp³-hybridized carbons (Fsp3) is 0.639. The molecular formula is C61H100O5. The van der Waals surface area contributed by atoms with Gasteiger partial charge < -0.3 is 14.2 Å². The Labute approximate surface area is 407 Å². The zero-order valence-corrected chi connectivity index (χ0v) is 42.9. The predicted molar refractivity (Wildman–Crippen MR) is 288 cm³/mol. The van der Waals surface area contributed by atoms with Gasteiger partial charge in [-0.2, -0.15) is 0 Å². The van der Waals surface area contributed by atoms with E-state index in [2.05, 4.69) is 142 Å². The third-order valence-electron chi connectivity index (χ3n) is 11.0. The standard InChI is InChI=1S/C61H100O5/c1-4-7-10-13-16-19-22-25-28-30-31-33-34-36-39-42-45-48-51-54-60(62)65-58-59(57-64-56-53-50-47-44-41-38-27-24-21-18-15-12-9-6-3)66-61(63)55-52-49-46-43-40-37-35-32-29-26-23-20-17-14-11-8-5-2/h8-9,11-12,17-18,20-21,25-29,35,37-38,43-44,46-47,59H,4-7,10,13-16,19,22-24,30-34,36,39-42,45,48-58H2,1-3H3/b11-8-,12-9-,20-17-,21-18-,28-25-,29-26-,37-35-,38-27-,46-43-,47-44-. The van der Waals surface area contributed by atoms with Crippen LogP contribution in [0.2, 0.25) is 0 Å². The minimum absolute atomic E-state index is 0.0329. The lowest BCUT2D eigenvalue weighted by Gasteiger charge is -2.18. The molecule has 5 nitrogen and oxygen atoms in total. The van der Waals surface area contributed by atoms with Crippen LogP contribution in [0.15, 0.2) is 122 Å². The summed E-state index contributed by atoms with van der Waals surface area (Å²) in [5.74, 6) is -0.503. The van der Waals surface area contributed by atoms with E-state index < -0.39 is 6.10 Å². The van der Waals surface area contributed by atoms with Crippen LogP contribution >= 0.6 is 0 Å². The van der Waals surface area contributed by atoms with Gasteiger partial charge in [0.1, 0.15) is 6.61 Å². The summed E-state index contributed by atoms with van der Waals surface area (Å²) >= 11 is 0. The Morgan fingerprint density at radius 2 is 0.697 bits per heavy atom. The average Bonchev–Trinajstić information content (AvgIpc) is 3.32. The molecule has 5 heteroatoms. The average molecular weight is 913 g/mol. The van der Waals surface area contributed by atoms with Crippen molar-refractivity contribution in [3.63, 3.8) is 0 Å². The molecule has 66 heavy (non-hydrogen) atoms. The molecule has 0 N–H and O–H groups in total. The molecule has 0 bridgehead atoms. The molecule has 0 heterocycles. The first-order valence-corrected chi connectivity index (χ1v) is 27.1. The lowest BCUT2D eigenvalue weighted by atomic mass is 10.1. The predicted octanol–water partition coefficient (Wildman–Crippen LogP) is 18.6. The lowest BCUT2D eigenvalue weighted by molar-refractivity contribution is -0.162. The van der Waals surface area contributed by atoms with Gasteiger partial charge >= 0.3 is 11.9 Å². The van der Waals surface area contributed by atoms with Crippen molar-refractivity contribution in [2.45, 2.75) is 232 Å². The van der Waals surface area contributed by atoms with Crippen LogP contribution in [0.3, 0.4) is 0 Å². The largest absolute Gasteiger partial charge is 0.462 e. The molecule has 0 aromatic rings. The van der Waals surface area contributed by atoms with Gasteiger partial charge in [-0.05, 0) is 116 Å². The minimum atomic E-state index is -0.603. The highest BCUT2D eigenvalue weighted by molar-refractivity contribution is 5.70. The molecule has 0 aliphatic rings. The van der Waals surface area contributed by atoms with Crippen LogP contribution in [0.5, 0.6) is 0 Å². The smallest absolute Gasteiger partial charge is 0.306 e. The maximum absolute atomic E-state index is 12.8. The van der Waals surface area contributed by atoms with Crippen molar-refractivity contribution in [1.82, 2.24) is 0 Å². The molecule has 0 aliphatic carbocycles. The minimum Gasteiger partial charge on any atom is -0.462 e. The van der Waals surface area contributed by atoms with Crippen LogP contribution in [0.4, 0.5) is 0 Å². The van der Waals surface area contributed by atoms with Crippen molar-refractivity contribution in [1.29, 1.82) is 0 Å². The van der Waals surface area contributed by atoms with Crippen LogP contribution in [0.1, 0.15) is 226 Å². The molecule has 0 aromatic carbocycles. The molecule has 1 atom stereocenters. The number of allylic oxidation sites excluding steroid dienone is 20. The summed E-state index contributed by atoms with van der Waals surface area (Å²) in [4.78, 5) is 25.4. The molecule has 1 unspecified atom stereocenters. The third kappa shape index (κ3) is 52.9. The SMILES string of the molecule is CC/C=C\C/C=C\C/C=C\C/C=C\C/C=C\CCCC(=O)OC(COCCC/C=C\C/C=C\C/C=C\C/C=C\CC)COC(=O)CCCCCCCCCCC/C=C\CCCCCCCC. The number of carbonyl (C=O) groups excluding carboxylic acids is 2. The van der Waals surface area contributed by atoms with Crippen molar-refractivity contribution in [3.8, 4) is 0 Å². The van der Waals surface area contributed by atoms with Gasteiger partial charge in [0.25, 0.3) is 0 Å². The first kappa shape index (κ1) is 62.3. The Morgan fingerprint density at radius 3 is 1.15 bits per heavy atom. The summed E-state index contributed by atoms with van der Waals surface area (Å²) in [6, 6.07) is 0. The van der Waals surface area contributed by atoms with Crippen LogP contribution < -0.4 is 0 Å². The molecule has 0 aromatic heterocycles. The van der Waals surface area contributed by atoms with Gasteiger partial charge in [-0.1, -0.05) is 219 Å². The fourth-order valence-electron chi connectivity index (χ4n) is 7.01. The molecule has 0 aliphatic heterocycles. The maximum atomic E-state index is 12.8. The van der Waals surface area contributed by atoms with Gasteiger partial charge in [0.2, 0.25) is 0 Å². The number of esters is 2. The number of ether oxygens (including phenoxy) is 3. The number of carbonyl (C=O) groups is 2. The number of hydrogen-bond acceptors (Lipinski definition) is 5. The number of hydrogen-bond donors (Lipinski definition) is 0. The van der Waals surface area contributed by atoms with Crippen LogP contribution in [0.25, 0.3) is 0 Å². The molecule has 374 valence electrons. The summed E-state index contributed by atoms with van der Waals surface area (Å²) in [6.45, 7) is 7.39. The van der Waals surface area contributed by atoms with Crippen molar-refractivity contribution < 1.29 is 23.8 Å². The van der Waals surface area contributed by atoms with Gasteiger partial charge in [-0.25, -0.2) is 0 Å². The van der Waals surface area contributed by atoms with Crippen LogP contribution in [0, 0.1) is 0 Å². The molecule has 0 spiro atoms. The van der Waals surface area contributed by atoms with E-state index in [9.17, 15) is 9.59 Å². The Balaban J connectivity index is 4.43. The Kier molecular flexibility index (Phi) is 52.5. The quantitative estimate of drug-likeness (QED) is 0.0346. The molecule has 0 rings (SSSR count). The number of unbranched alkanes of at least 4 members (excludes halogenated alkanes) is 17. The second kappa shape index (κ2) is 55.6. The van der Waals surface area contributed by atoms with Gasteiger partial charge in [0.15, 0.2) is 6.10 Å². The van der Waals surface area contributed by atoms with E-state index in [-0.39, 0.29) is 25.2 Å². The normalized spacial score (nSPS) is 13.2. The summed E-state index contributed by atoms with van der Waals surface area (Å²) in [6.07, 6.45) is 78.0. The highest BCUT2D eigenvalue weighted by Gasteiger charge is 2.17. The van der Waals surface area contributed by atoms with Gasteiger partial charge in [-0.15, -0.1) is 0 Å². The summed E-state index contributed by atoms with van der Waals surface area (Å²) in [5.41, 5.74) is 0. The monoisotopic (exact) mass is 913 g/mol. The summed E-state index contributed by atoms with van der Waals surface area (Å²) in [7, 11) is 0. The highest BCUT2D eigenvalue weighted by atomic mass is 16.6. The van der Waals surface area contributed by atoms with E-state index in [0.717, 1.165) is 96.3 Å². The summed E-state index contributed by atoms with van der Waals surface area (Å²) in [5, 5.41) is 0. The van der Waals surface area contributed by atoms with E-state index in [1.165, 1.54) is 89.9 Å². The third-order valence-corrected chi connectivity index (χ3v) is 11.0. The van der Waals surface area contributed by atoms with E-state index in [1.807, 2.05) is 0 Å². The zero-order chi connectivity index (χ0) is 47.7. The molecule has 0 saturated carbocycles. The van der Waals surface area contributed by atoms with Crippen molar-refractivity contribution in [2.24, 2.45) is 0 Å². The Hall–Kier alpha value is -3.70. The van der Waals surface area contributed by atoms with Crippen molar-refractivity contribution in [2.75, 3.05) is 19.8 Å². The first-order chi connectivity index (χ1) is 32.6. The van der Waals surface area contributed by atoms with Crippen LogP contribution in [-0.2, 0) is 23.8 Å². The van der Waals surface area contributed by atoms with E-state index >= 15 is 0 Å². The van der Waals surface area contributed by atoms with Gasteiger partial charge in [0.05, 0.1) is 6.61 Å². The van der Waals surface area contributed by atoms with Crippen LogP contribution in [-0.4, -0.2) is 37.9 Å². The van der Waals surface area contributed by atoms with Gasteiger partial charge in [-0.3, -0.25) is 9.59 Å². The Bertz CT molecular complexity index is 1350. The highest BCUT2D eigenvalue weighted by Crippen LogP contribution is 2.13. The molecular weight excluding hydrogens is 813 g/mol. The maximum Gasteiger partial charge on any atom is 0.306 e. The fourth-order valence-corrected chi connectivity index (χ4v) is 7.01. The second-order valence-electron chi connectivity index (χ2n) is 17.4. The van der Waals surface area contributed by atoms with E-state index in [1.54, 1.807) is 0 Å². The van der Waals surface area contributed by atoms with Gasteiger partial charge in [0, 0.05) is 19.4 Å². The lowest BCUT2D eigenvalue weighted by Crippen LogP contribution is -2.30. The number of rotatable bonds is 48. The molecule has 0 amide bonds. The molecule has 0 fully saturated rings. The second-order valence-corrected chi connectivity index (χ2v) is 17.4.